The molecule has 0 amide bonds. The molecule has 0 aromatic heterocycles. The molecule has 0 spiro atoms. The number of carboxylic acid groups (broad SMARTS) is 1. The molecule has 33 heavy (non-hydrogen) atoms. The van der Waals surface area contributed by atoms with E-state index in [4.69, 9.17) is 0 Å². The van der Waals surface area contributed by atoms with Crippen LogP contribution in [0.15, 0.2) is 11.6 Å². The van der Waals surface area contributed by atoms with Gasteiger partial charge in [-0.15, -0.1) is 0 Å². The van der Waals surface area contributed by atoms with Crippen LogP contribution in [-0.2, 0) is 4.79 Å². The maximum Gasteiger partial charge on any atom is 0.310 e. The molecular formula is C30H48O3. The van der Waals surface area contributed by atoms with Crippen LogP contribution >= 0.6 is 0 Å². The van der Waals surface area contributed by atoms with E-state index < -0.39 is 11.4 Å². The van der Waals surface area contributed by atoms with Crippen LogP contribution in [-0.4, -0.2) is 22.3 Å². The Kier molecular flexibility index (Phi) is 5.15. The Morgan fingerprint density at radius 3 is 2.27 bits per heavy atom. The monoisotopic (exact) mass is 456 g/mol. The standard InChI is InChI=1S/C30H48O3/c1-18-10-15-30(25(32)33)17-16-28(6)20(24(30)19(18)2)8-9-22-27(5)13-12-23(31)26(3,4)21(27)11-14-29(22,28)7/h8,18-19,21-24,31H,9-17H2,1-7H3,(H,32,33)/t18-,19+,21+,22?,23+,24+,27+,28-,29-,30?/m1/s1. The van der Waals surface area contributed by atoms with Crippen LogP contribution in [0.1, 0.15) is 106 Å². The van der Waals surface area contributed by atoms with Crippen molar-refractivity contribution >= 4 is 5.97 Å². The summed E-state index contributed by atoms with van der Waals surface area (Å²) in [6.07, 6.45) is 11.6. The summed E-state index contributed by atoms with van der Waals surface area (Å²) in [5.41, 5.74) is 1.46. The summed E-state index contributed by atoms with van der Waals surface area (Å²) in [5, 5.41) is 21.4. The number of rotatable bonds is 1. The fraction of sp³-hybridized carbons (Fsp3) is 0.900. The molecule has 3 heteroatoms. The van der Waals surface area contributed by atoms with Gasteiger partial charge in [-0.2, -0.15) is 0 Å². The van der Waals surface area contributed by atoms with Gasteiger partial charge in [0, 0.05) is 0 Å². The second kappa shape index (κ2) is 7.11. The average Bonchev–Trinajstić information content (AvgIpc) is 2.74. The van der Waals surface area contributed by atoms with E-state index in [2.05, 4.69) is 54.5 Å². The van der Waals surface area contributed by atoms with Gasteiger partial charge in [0.1, 0.15) is 0 Å². The number of aliphatic hydroxyl groups excluding tert-OH is 1. The number of hydrogen-bond donors (Lipinski definition) is 2. The molecule has 5 rings (SSSR count). The minimum Gasteiger partial charge on any atom is -0.481 e. The van der Waals surface area contributed by atoms with E-state index in [1.807, 2.05) is 0 Å². The predicted molar refractivity (Wildman–Crippen MR) is 133 cm³/mol. The smallest absolute Gasteiger partial charge is 0.310 e. The zero-order valence-electron chi connectivity index (χ0n) is 22.2. The van der Waals surface area contributed by atoms with Gasteiger partial charge in [-0.3, -0.25) is 4.79 Å². The fourth-order valence-corrected chi connectivity index (χ4v) is 10.8. The largest absolute Gasteiger partial charge is 0.481 e. The van der Waals surface area contributed by atoms with E-state index in [-0.39, 0.29) is 33.7 Å². The van der Waals surface area contributed by atoms with Crippen molar-refractivity contribution in [2.24, 2.45) is 56.7 Å². The number of fused-ring (bicyclic) bond motifs is 7. The third-order valence-corrected chi connectivity index (χ3v) is 13.4. The number of carbonyl (C=O) groups is 1. The van der Waals surface area contributed by atoms with Gasteiger partial charge in [0.2, 0.25) is 0 Å². The summed E-state index contributed by atoms with van der Waals surface area (Å²) >= 11 is 0. The molecule has 0 aromatic carbocycles. The summed E-state index contributed by atoms with van der Waals surface area (Å²) in [6, 6.07) is 0. The number of allylic oxidation sites excluding steroid dienone is 2. The summed E-state index contributed by atoms with van der Waals surface area (Å²) in [5.74, 6) is 1.82. The lowest BCUT2D eigenvalue weighted by Crippen LogP contribution is -2.65. The molecule has 4 fully saturated rings. The molecule has 10 atom stereocenters. The highest BCUT2D eigenvalue weighted by Gasteiger charge is 2.69. The van der Waals surface area contributed by atoms with Gasteiger partial charge in [0.05, 0.1) is 11.5 Å². The van der Waals surface area contributed by atoms with E-state index in [1.54, 1.807) is 0 Å². The van der Waals surface area contributed by atoms with Crippen molar-refractivity contribution < 1.29 is 15.0 Å². The third kappa shape index (κ3) is 2.75. The van der Waals surface area contributed by atoms with Gasteiger partial charge >= 0.3 is 5.97 Å². The van der Waals surface area contributed by atoms with Crippen LogP contribution in [0.2, 0.25) is 0 Å². The molecule has 3 nitrogen and oxygen atoms in total. The topological polar surface area (TPSA) is 57.5 Å². The molecule has 2 N–H and O–H groups in total. The molecule has 4 saturated carbocycles. The van der Waals surface area contributed by atoms with E-state index >= 15 is 0 Å². The number of carboxylic acids is 1. The normalized spacial score (nSPS) is 55.3. The quantitative estimate of drug-likeness (QED) is 0.414. The Labute approximate surface area is 201 Å². The highest BCUT2D eigenvalue weighted by Crippen LogP contribution is 2.75. The molecule has 5 aliphatic rings. The highest BCUT2D eigenvalue weighted by atomic mass is 16.4. The average molecular weight is 457 g/mol. The second-order valence-electron chi connectivity index (χ2n) is 14.5. The summed E-state index contributed by atoms with van der Waals surface area (Å²) < 4.78 is 0. The van der Waals surface area contributed by atoms with Crippen molar-refractivity contribution in [3.63, 3.8) is 0 Å². The number of aliphatic carboxylic acids is 1. The zero-order chi connectivity index (χ0) is 24.2. The Morgan fingerprint density at radius 2 is 1.61 bits per heavy atom. The van der Waals surface area contributed by atoms with E-state index in [9.17, 15) is 15.0 Å². The van der Waals surface area contributed by atoms with Gasteiger partial charge in [-0.25, -0.2) is 0 Å². The van der Waals surface area contributed by atoms with Gasteiger partial charge in [-0.1, -0.05) is 60.1 Å². The first-order valence-electron chi connectivity index (χ1n) is 13.9. The SMILES string of the molecule is C[C@H]1[C@H](C)CCC2(C(=O)O)CC[C@]3(C)C(=CCC4[C@@]5(C)CC[C@H](O)C(C)(C)[C@@H]5CC[C@]43C)[C@H]12. The van der Waals surface area contributed by atoms with Crippen LogP contribution in [0.25, 0.3) is 0 Å². The maximum absolute atomic E-state index is 12.8. The Balaban J connectivity index is 1.61. The van der Waals surface area contributed by atoms with Crippen molar-refractivity contribution in [3.8, 4) is 0 Å². The molecule has 2 unspecified atom stereocenters. The van der Waals surface area contributed by atoms with Crippen molar-refractivity contribution in [2.75, 3.05) is 0 Å². The van der Waals surface area contributed by atoms with Crippen molar-refractivity contribution in [1.82, 2.24) is 0 Å². The lowest BCUT2D eigenvalue weighted by molar-refractivity contribution is -0.206. The molecule has 0 heterocycles. The van der Waals surface area contributed by atoms with Gasteiger partial charge in [0.15, 0.2) is 0 Å². The van der Waals surface area contributed by atoms with Gasteiger partial charge in [-0.05, 0) is 109 Å². The summed E-state index contributed by atoms with van der Waals surface area (Å²) in [6.45, 7) is 17.0. The fourth-order valence-electron chi connectivity index (χ4n) is 10.8. The summed E-state index contributed by atoms with van der Waals surface area (Å²) in [7, 11) is 0. The second-order valence-corrected chi connectivity index (χ2v) is 14.5. The van der Waals surface area contributed by atoms with Gasteiger partial charge < -0.3 is 10.2 Å². The van der Waals surface area contributed by atoms with Gasteiger partial charge in [0.25, 0.3) is 0 Å². The molecule has 0 saturated heterocycles. The Morgan fingerprint density at radius 1 is 0.909 bits per heavy atom. The van der Waals surface area contributed by atoms with Crippen LogP contribution in [0.4, 0.5) is 0 Å². The lowest BCUT2D eigenvalue weighted by atomic mass is 9.33. The predicted octanol–water partition coefficient (Wildman–Crippen LogP) is 7.09. The van der Waals surface area contributed by atoms with Crippen LogP contribution in [0, 0.1) is 56.7 Å². The zero-order valence-corrected chi connectivity index (χ0v) is 22.2. The van der Waals surface area contributed by atoms with E-state index in [0.717, 1.165) is 44.9 Å². The third-order valence-electron chi connectivity index (χ3n) is 13.4. The minimum absolute atomic E-state index is 0.0302. The highest BCUT2D eigenvalue weighted by molar-refractivity contribution is 5.76. The number of hydrogen-bond acceptors (Lipinski definition) is 2. The summed E-state index contributed by atoms with van der Waals surface area (Å²) in [4.78, 5) is 12.8. The first-order valence-corrected chi connectivity index (χ1v) is 13.9. The van der Waals surface area contributed by atoms with Crippen LogP contribution in [0.3, 0.4) is 0 Å². The lowest BCUT2D eigenvalue weighted by Gasteiger charge is -2.71. The molecule has 186 valence electrons. The van der Waals surface area contributed by atoms with Crippen molar-refractivity contribution in [2.45, 2.75) is 112 Å². The minimum atomic E-state index is -0.557. The molecule has 0 aromatic rings. The van der Waals surface area contributed by atoms with Crippen LogP contribution < -0.4 is 0 Å². The molecule has 0 bridgehead atoms. The van der Waals surface area contributed by atoms with Crippen molar-refractivity contribution in [3.05, 3.63) is 11.6 Å². The molecule has 5 aliphatic carbocycles. The van der Waals surface area contributed by atoms with Crippen molar-refractivity contribution in [1.29, 1.82) is 0 Å². The van der Waals surface area contributed by atoms with E-state index in [1.165, 1.54) is 18.4 Å². The molecular weight excluding hydrogens is 408 g/mol. The Bertz CT molecular complexity index is 874. The molecule has 0 aliphatic heterocycles. The molecule has 0 radical (unpaired) electrons. The first kappa shape index (κ1) is 23.9. The maximum atomic E-state index is 12.8. The number of aliphatic hydroxyl groups is 1. The van der Waals surface area contributed by atoms with E-state index in [0.29, 0.717) is 23.7 Å². The Hall–Kier alpha value is -0.830. The van der Waals surface area contributed by atoms with Crippen LogP contribution in [0.5, 0.6) is 0 Å². The first-order chi connectivity index (χ1) is 15.3.